The molecule has 0 unspecified atom stereocenters. The maximum absolute atomic E-state index is 13.2. The molecule has 1 aromatic heterocycles. The van der Waals surface area contributed by atoms with Gasteiger partial charge in [-0.3, -0.25) is 4.98 Å². The first-order valence-corrected chi connectivity index (χ1v) is 10.7. The van der Waals surface area contributed by atoms with Crippen molar-refractivity contribution in [2.45, 2.75) is 4.90 Å². The molecule has 1 aliphatic heterocycles. The fraction of sp³-hybridized carbons (Fsp3) is 0.300. The second kappa shape index (κ2) is 7.84. The van der Waals surface area contributed by atoms with E-state index in [0.717, 1.165) is 16.9 Å². The number of aromatic nitrogens is 2. The third-order valence-corrected chi connectivity index (χ3v) is 6.91. The lowest BCUT2D eigenvalue weighted by atomic mass is 10.3. The third-order valence-electron chi connectivity index (χ3n) is 4.99. The molecule has 1 saturated heterocycles. The first-order valence-electron chi connectivity index (χ1n) is 9.22. The van der Waals surface area contributed by atoms with Gasteiger partial charge in [0.05, 0.1) is 31.4 Å². The van der Waals surface area contributed by atoms with Gasteiger partial charge >= 0.3 is 0 Å². The lowest BCUT2D eigenvalue weighted by molar-refractivity contribution is 0.370. The quantitative estimate of drug-likeness (QED) is 0.632. The van der Waals surface area contributed by atoms with Crippen LogP contribution in [0, 0.1) is 0 Å². The number of nitrogens with zero attached hydrogens (tertiary/aromatic N) is 4. The summed E-state index contributed by atoms with van der Waals surface area (Å²) in [5.74, 6) is 1.52. The van der Waals surface area contributed by atoms with Gasteiger partial charge in [0.1, 0.15) is 22.2 Å². The Morgan fingerprint density at radius 2 is 1.66 bits per heavy atom. The van der Waals surface area contributed by atoms with Crippen LogP contribution in [-0.4, -0.2) is 63.1 Å². The number of sulfonamides is 1. The first kappa shape index (κ1) is 19.4. The standard InChI is InChI=1S/C20H22N4O4S/c1-27-15-7-8-18(28-2)19(13-15)29(25,26)24-11-9-23(10-12-24)20-14-21-16-5-3-4-6-17(16)22-20/h3-8,13-14H,9-12H2,1-2H3. The Morgan fingerprint density at radius 1 is 0.931 bits per heavy atom. The smallest absolute Gasteiger partial charge is 0.247 e. The van der Waals surface area contributed by atoms with Gasteiger partial charge in [0, 0.05) is 32.2 Å². The highest BCUT2D eigenvalue weighted by Crippen LogP contribution is 2.31. The van der Waals surface area contributed by atoms with Gasteiger partial charge in [0.25, 0.3) is 0 Å². The number of hydrogen-bond donors (Lipinski definition) is 0. The van der Waals surface area contributed by atoms with Crippen LogP contribution in [0.3, 0.4) is 0 Å². The zero-order chi connectivity index (χ0) is 20.4. The summed E-state index contributed by atoms with van der Waals surface area (Å²) in [7, 11) is -0.755. The van der Waals surface area contributed by atoms with E-state index in [9.17, 15) is 8.42 Å². The van der Waals surface area contributed by atoms with E-state index in [4.69, 9.17) is 9.47 Å². The summed E-state index contributed by atoms with van der Waals surface area (Å²) >= 11 is 0. The van der Waals surface area contributed by atoms with Crippen molar-refractivity contribution in [1.29, 1.82) is 0 Å². The molecule has 0 N–H and O–H groups in total. The van der Waals surface area contributed by atoms with Gasteiger partial charge in [-0.15, -0.1) is 0 Å². The van der Waals surface area contributed by atoms with E-state index in [0.29, 0.717) is 37.7 Å². The number of ether oxygens (including phenoxy) is 2. The van der Waals surface area contributed by atoms with E-state index in [2.05, 4.69) is 9.97 Å². The molecule has 29 heavy (non-hydrogen) atoms. The summed E-state index contributed by atoms with van der Waals surface area (Å²) < 4.78 is 38.3. The Labute approximate surface area is 169 Å². The van der Waals surface area contributed by atoms with E-state index >= 15 is 0 Å². The molecular formula is C20H22N4O4S. The number of piperazine rings is 1. The first-order chi connectivity index (χ1) is 14.0. The van der Waals surface area contributed by atoms with Gasteiger partial charge in [0.2, 0.25) is 10.0 Å². The fourth-order valence-corrected chi connectivity index (χ4v) is 4.97. The number of rotatable bonds is 5. The molecule has 0 saturated carbocycles. The molecule has 2 heterocycles. The van der Waals surface area contributed by atoms with Crippen molar-refractivity contribution >= 4 is 26.9 Å². The summed E-state index contributed by atoms with van der Waals surface area (Å²) in [6.45, 7) is 1.74. The number of fused-ring (bicyclic) bond motifs is 1. The highest BCUT2D eigenvalue weighted by Gasteiger charge is 2.31. The van der Waals surface area contributed by atoms with E-state index in [1.54, 1.807) is 18.3 Å². The van der Waals surface area contributed by atoms with Crippen LogP contribution in [0.4, 0.5) is 5.82 Å². The minimum atomic E-state index is -3.71. The van der Waals surface area contributed by atoms with Crippen molar-refractivity contribution in [2.75, 3.05) is 45.3 Å². The number of hydrogen-bond acceptors (Lipinski definition) is 7. The van der Waals surface area contributed by atoms with E-state index in [1.807, 2.05) is 29.2 Å². The highest BCUT2D eigenvalue weighted by molar-refractivity contribution is 7.89. The Morgan fingerprint density at radius 3 is 2.34 bits per heavy atom. The molecule has 1 fully saturated rings. The molecule has 9 heteroatoms. The van der Waals surface area contributed by atoms with E-state index in [1.165, 1.54) is 24.6 Å². The summed E-state index contributed by atoms with van der Waals surface area (Å²) in [6, 6.07) is 12.5. The topological polar surface area (TPSA) is 84.9 Å². The van der Waals surface area contributed by atoms with E-state index < -0.39 is 10.0 Å². The van der Waals surface area contributed by atoms with Crippen LogP contribution < -0.4 is 14.4 Å². The van der Waals surface area contributed by atoms with Gasteiger partial charge in [-0.05, 0) is 24.3 Å². The third kappa shape index (κ3) is 3.70. The highest BCUT2D eigenvalue weighted by atomic mass is 32.2. The Balaban J connectivity index is 1.54. The molecular weight excluding hydrogens is 392 g/mol. The van der Waals surface area contributed by atoms with Gasteiger partial charge in [-0.25, -0.2) is 13.4 Å². The van der Waals surface area contributed by atoms with Crippen LogP contribution in [0.15, 0.2) is 53.6 Å². The SMILES string of the molecule is COc1ccc(OC)c(S(=O)(=O)N2CCN(c3cnc4ccccc4n3)CC2)c1. The van der Waals surface area contributed by atoms with Gasteiger partial charge in [-0.1, -0.05) is 12.1 Å². The molecule has 0 bridgehead atoms. The molecule has 4 rings (SSSR count). The summed E-state index contributed by atoms with van der Waals surface area (Å²) in [6.07, 6.45) is 1.73. The van der Waals surface area contributed by atoms with Crippen LogP contribution in [0.25, 0.3) is 11.0 Å². The molecule has 0 radical (unpaired) electrons. The minimum absolute atomic E-state index is 0.110. The van der Waals surface area contributed by atoms with Crippen molar-refractivity contribution in [2.24, 2.45) is 0 Å². The normalized spacial score (nSPS) is 15.4. The van der Waals surface area contributed by atoms with Crippen LogP contribution in [0.5, 0.6) is 11.5 Å². The zero-order valence-corrected chi connectivity index (χ0v) is 17.1. The number of para-hydroxylation sites is 2. The van der Waals surface area contributed by atoms with Gasteiger partial charge < -0.3 is 14.4 Å². The Kier molecular flexibility index (Phi) is 5.25. The molecule has 2 aromatic carbocycles. The van der Waals surface area contributed by atoms with Crippen molar-refractivity contribution < 1.29 is 17.9 Å². The Hall–Kier alpha value is -2.91. The largest absolute Gasteiger partial charge is 0.497 e. The lowest BCUT2D eigenvalue weighted by Crippen LogP contribution is -2.49. The molecule has 3 aromatic rings. The van der Waals surface area contributed by atoms with Crippen molar-refractivity contribution in [3.63, 3.8) is 0 Å². The summed E-state index contributed by atoms with van der Waals surface area (Å²) in [5, 5.41) is 0. The molecule has 0 aliphatic carbocycles. The van der Waals surface area contributed by atoms with Crippen molar-refractivity contribution in [3.05, 3.63) is 48.7 Å². The summed E-state index contributed by atoms with van der Waals surface area (Å²) in [5.41, 5.74) is 1.66. The zero-order valence-electron chi connectivity index (χ0n) is 16.3. The molecule has 0 atom stereocenters. The maximum Gasteiger partial charge on any atom is 0.247 e. The van der Waals surface area contributed by atoms with Crippen LogP contribution in [0.1, 0.15) is 0 Å². The number of methoxy groups -OCH3 is 2. The molecule has 0 amide bonds. The average Bonchev–Trinajstić information content (AvgIpc) is 2.78. The Bertz CT molecular complexity index is 1130. The van der Waals surface area contributed by atoms with Crippen LogP contribution in [0.2, 0.25) is 0 Å². The van der Waals surface area contributed by atoms with Crippen LogP contribution in [-0.2, 0) is 10.0 Å². The average molecular weight is 414 g/mol. The van der Waals surface area contributed by atoms with Crippen molar-refractivity contribution in [3.8, 4) is 11.5 Å². The number of anilines is 1. The van der Waals surface area contributed by atoms with E-state index in [-0.39, 0.29) is 4.90 Å². The summed E-state index contributed by atoms with van der Waals surface area (Å²) in [4.78, 5) is 11.3. The fourth-order valence-electron chi connectivity index (χ4n) is 3.38. The molecule has 8 nitrogen and oxygen atoms in total. The van der Waals surface area contributed by atoms with Gasteiger partial charge in [-0.2, -0.15) is 4.31 Å². The predicted molar refractivity (Wildman–Crippen MR) is 110 cm³/mol. The maximum atomic E-state index is 13.2. The monoisotopic (exact) mass is 414 g/mol. The van der Waals surface area contributed by atoms with Crippen LogP contribution >= 0.6 is 0 Å². The van der Waals surface area contributed by atoms with Gasteiger partial charge in [0.15, 0.2) is 0 Å². The molecule has 0 spiro atoms. The molecule has 152 valence electrons. The van der Waals surface area contributed by atoms with Crippen molar-refractivity contribution in [1.82, 2.24) is 14.3 Å². The second-order valence-corrected chi connectivity index (χ2v) is 8.53. The molecule has 1 aliphatic rings. The second-order valence-electron chi connectivity index (χ2n) is 6.62. The number of benzene rings is 2. The predicted octanol–water partition coefficient (Wildman–Crippen LogP) is 2.16. The minimum Gasteiger partial charge on any atom is -0.497 e. The lowest BCUT2D eigenvalue weighted by Gasteiger charge is -2.34.